The average molecular weight is 583 g/mol. The summed E-state index contributed by atoms with van der Waals surface area (Å²) in [5, 5.41) is 9.96. The predicted octanol–water partition coefficient (Wildman–Crippen LogP) is 10.5. The molecule has 1 N–H and O–H groups in total. The van der Waals surface area contributed by atoms with E-state index in [9.17, 15) is 14.7 Å². The Balaban J connectivity index is 3.40. The molecular weight excluding hydrogens is 512 g/mol. The Bertz CT molecular complexity index is 576. The molecule has 0 bridgehead atoms. The molecule has 0 heterocycles. The van der Waals surface area contributed by atoms with Crippen molar-refractivity contribution in [3.05, 3.63) is 0 Å². The number of unbranched alkanes of at least 4 members (excludes halogenated alkanes) is 18. The van der Waals surface area contributed by atoms with E-state index >= 15 is 0 Å². The molecule has 1 unspecified atom stereocenters. The summed E-state index contributed by atoms with van der Waals surface area (Å²) in [4.78, 5) is 23.8. The van der Waals surface area contributed by atoms with Gasteiger partial charge in [-0.25, -0.2) is 0 Å². The number of carbonyl (C=O) groups excluding carboxylic acids is 2. The van der Waals surface area contributed by atoms with Gasteiger partial charge in [0.2, 0.25) is 0 Å². The molecule has 5 nitrogen and oxygen atoms in total. The number of aliphatic hydroxyl groups is 1. The van der Waals surface area contributed by atoms with Crippen LogP contribution < -0.4 is 0 Å². The van der Waals surface area contributed by atoms with E-state index in [1.807, 2.05) is 0 Å². The van der Waals surface area contributed by atoms with Crippen molar-refractivity contribution in [2.75, 3.05) is 13.2 Å². The van der Waals surface area contributed by atoms with Gasteiger partial charge in [-0.1, -0.05) is 163 Å². The summed E-state index contributed by atoms with van der Waals surface area (Å²) >= 11 is 0. The highest BCUT2D eigenvalue weighted by molar-refractivity contribution is 5.69. The van der Waals surface area contributed by atoms with E-state index in [1.54, 1.807) is 0 Å². The van der Waals surface area contributed by atoms with Crippen molar-refractivity contribution in [3.63, 3.8) is 0 Å². The molecule has 0 aromatic rings. The van der Waals surface area contributed by atoms with Crippen molar-refractivity contribution in [1.82, 2.24) is 0 Å². The molecule has 0 aliphatic carbocycles. The first-order valence-corrected chi connectivity index (χ1v) is 17.8. The van der Waals surface area contributed by atoms with Crippen LogP contribution >= 0.6 is 0 Å². The van der Waals surface area contributed by atoms with Crippen LogP contribution in [0.5, 0.6) is 0 Å². The molecule has 0 radical (unpaired) electrons. The summed E-state index contributed by atoms with van der Waals surface area (Å²) in [5.41, 5.74) is 0. The first-order valence-electron chi connectivity index (χ1n) is 17.8. The van der Waals surface area contributed by atoms with Crippen molar-refractivity contribution in [2.24, 2.45) is 11.8 Å². The molecule has 0 spiro atoms. The average Bonchev–Trinajstić information content (AvgIpc) is 2.95. The molecule has 0 saturated carbocycles. The number of ether oxygens (including phenoxy) is 2. The Hall–Kier alpha value is -1.10. The number of hydrogen-bond donors (Lipinski definition) is 1. The minimum atomic E-state index is -0.955. The van der Waals surface area contributed by atoms with Crippen LogP contribution in [-0.4, -0.2) is 36.4 Å². The predicted molar refractivity (Wildman–Crippen MR) is 173 cm³/mol. The summed E-state index contributed by atoms with van der Waals surface area (Å²) in [5.74, 6) is 1.12. The number of hydrogen-bond acceptors (Lipinski definition) is 5. The molecule has 0 aromatic carbocycles. The van der Waals surface area contributed by atoms with Crippen molar-refractivity contribution in [1.29, 1.82) is 0 Å². The standard InChI is InChI=1S/C36H70O5/c1-5-33(4)27-23-19-16-17-21-25-29-36(39)41-31-34(37)30-40-35(38)28-24-20-15-13-11-9-7-6-8-10-12-14-18-22-26-32(2)3/h32-34,37H,5-31H2,1-4H3/t33?,34-/m0/s1. The Kier molecular flexibility index (Phi) is 29.5. The van der Waals surface area contributed by atoms with Crippen LogP contribution in [0.4, 0.5) is 0 Å². The second-order valence-electron chi connectivity index (χ2n) is 13.1. The van der Waals surface area contributed by atoms with E-state index < -0.39 is 6.10 Å². The maximum absolute atomic E-state index is 11.9. The van der Waals surface area contributed by atoms with Gasteiger partial charge >= 0.3 is 11.9 Å². The molecule has 0 aliphatic heterocycles. The van der Waals surface area contributed by atoms with E-state index in [1.165, 1.54) is 116 Å². The highest BCUT2D eigenvalue weighted by Gasteiger charge is 2.12. The maximum Gasteiger partial charge on any atom is 0.305 e. The first kappa shape index (κ1) is 39.9. The van der Waals surface area contributed by atoms with Gasteiger partial charge in [0, 0.05) is 12.8 Å². The Morgan fingerprint density at radius 2 is 0.829 bits per heavy atom. The second kappa shape index (κ2) is 30.4. The number of esters is 2. The van der Waals surface area contributed by atoms with E-state index in [-0.39, 0.29) is 25.2 Å². The van der Waals surface area contributed by atoms with Gasteiger partial charge in [-0.3, -0.25) is 9.59 Å². The topological polar surface area (TPSA) is 72.8 Å². The minimum absolute atomic E-state index is 0.110. The van der Waals surface area contributed by atoms with Gasteiger partial charge < -0.3 is 14.6 Å². The zero-order valence-corrected chi connectivity index (χ0v) is 27.9. The molecule has 2 atom stereocenters. The largest absolute Gasteiger partial charge is 0.463 e. The van der Waals surface area contributed by atoms with Crippen LogP contribution in [-0.2, 0) is 19.1 Å². The van der Waals surface area contributed by atoms with Gasteiger partial charge in [0.05, 0.1) is 0 Å². The molecule has 5 heteroatoms. The minimum Gasteiger partial charge on any atom is -0.463 e. The molecule has 0 fully saturated rings. The lowest BCUT2D eigenvalue weighted by Crippen LogP contribution is -2.25. The zero-order chi connectivity index (χ0) is 30.4. The first-order chi connectivity index (χ1) is 19.8. The van der Waals surface area contributed by atoms with Crippen LogP contribution in [0.3, 0.4) is 0 Å². The van der Waals surface area contributed by atoms with Crippen LogP contribution in [0.15, 0.2) is 0 Å². The number of carbonyl (C=O) groups is 2. The molecule has 0 amide bonds. The van der Waals surface area contributed by atoms with Crippen molar-refractivity contribution in [3.8, 4) is 0 Å². The van der Waals surface area contributed by atoms with Crippen molar-refractivity contribution in [2.45, 2.75) is 194 Å². The third-order valence-electron chi connectivity index (χ3n) is 8.31. The van der Waals surface area contributed by atoms with E-state index in [2.05, 4.69) is 27.7 Å². The number of aliphatic hydroxyl groups excluding tert-OH is 1. The summed E-state index contributed by atoms with van der Waals surface area (Å²) < 4.78 is 10.3. The van der Waals surface area contributed by atoms with Crippen molar-refractivity contribution >= 4 is 11.9 Å². The molecule has 0 aliphatic rings. The normalized spacial score (nSPS) is 12.9. The highest BCUT2D eigenvalue weighted by atomic mass is 16.6. The summed E-state index contributed by atoms with van der Waals surface area (Å²) in [7, 11) is 0. The third kappa shape index (κ3) is 31.7. The highest BCUT2D eigenvalue weighted by Crippen LogP contribution is 2.16. The lowest BCUT2D eigenvalue weighted by molar-refractivity contribution is -0.152. The fourth-order valence-electron chi connectivity index (χ4n) is 5.19. The molecular formula is C36H70O5. The quantitative estimate of drug-likeness (QED) is 0.0650. The summed E-state index contributed by atoms with van der Waals surface area (Å²) in [6.45, 7) is 8.97. The van der Waals surface area contributed by atoms with Gasteiger partial charge in [-0.15, -0.1) is 0 Å². The van der Waals surface area contributed by atoms with Crippen LogP contribution in [0, 0.1) is 11.8 Å². The second-order valence-corrected chi connectivity index (χ2v) is 13.1. The molecule has 0 aromatic heterocycles. The van der Waals surface area contributed by atoms with Gasteiger partial charge in [0.1, 0.15) is 19.3 Å². The zero-order valence-electron chi connectivity index (χ0n) is 27.9. The van der Waals surface area contributed by atoms with Gasteiger partial charge in [-0.05, 0) is 24.7 Å². The van der Waals surface area contributed by atoms with Gasteiger partial charge in [0.25, 0.3) is 0 Å². The Morgan fingerprint density at radius 1 is 0.512 bits per heavy atom. The van der Waals surface area contributed by atoms with Crippen LogP contribution in [0.2, 0.25) is 0 Å². The smallest absolute Gasteiger partial charge is 0.305 e. The Morgan fingerprint density at radius 3 is 1.17 bits per heavy atom. The van der Waals surface area contributed by atoms with Gasteiger partial charge in [0.15, 0.2) is 0 Å². The molecule has 244 valence electrons. The molecule has 41 heavy (non-hydrogen) atoms. The maximum atomic E-state index is 11.9. The fraction of sp³-hybridized carbons (Fsp3) is 0.944. The lowest BCUT2D eigenvalue weighted by Gasteiger charge is -2.12. The van der Waals surface area contributed by atoms with Crippen LogP contribution in [0.1, 0.15) is 188 Å². The fourth-order valence-corrected chi connectivity index (χ4v) is 5.19. The monoisotopic (exact) mass is 583 g/mol. The summed E-state index contributed by atoms with van der Waals surface area (Å²) in [6.07, 6.45) is 28.7. The molecule has 0 saturated heterocycles. The Labute approximate surface area is 255 Å². The number of rotatable bonds is 31. The summed E-state index contributed by atoms with van der Waals surface area (Å²) in [6, 6.07) is 0. The van der Waals surface area contributed by atoms with E-state index in [0.29, 0.717) is 12.8 Å². The molecule has 0 rings (SSSR count). The SMILES string of the molecule is CCC(C)CCCCCCCCC(=O)OC[C@@H](O)COC(=O)CCCCCCCCCCCCCCCCC(C)C. The lowest BCUT2D eigenvalue weighted by atomic mass is 10.00. The van der Waals surface area contributed by atoms with Crippen molar-refractivity contribution < 1.29 is 24.2 Å². The van der Waals surface area contributed by atoms with Crippen LogP contribution in [0.25, 0.3) is 0 Å². The third-order valence-corrected chi connectivity index (χ3v) is 8.31. The van der Waals surface area contributed by atoms with E-state index in [4.69, 9.17) is 9.47 Å². The van der Waals surface area contributed by atoms with E-state index in [0.717, 1.165) is 43.9 Å². The van der Waals surface area contributed by atoms with Gasteiger partial charge in [-0.2, -0.15) is 0 Å².